The summed E-state index contributed by atoms with van der Waals surface area (Å²) in [5.41, 5.74) is 0. The molecule has 1 aromatic heterocycles. The quantitative estimate of drug-likeness (QED) is 0.874. The van der Waals surface area contributed by atoms with Gasteiger partial charge in [0.25, 0.3) is 5.91 Å². The van der Waals surface area contributed by atoms with Gasteiger partial charge in [0.15, 0.2) is 0 Å². The molecule has 0 aliphatic heterocycles. The Hall–Kier alpha value is -0.820. The number of nitrogens with one attached hydrogen (secondary N) is 2. The SMILES string of the molecule is CCNc1nnc(C(=O)NC2CCCCC2SC)s1. The maximum Gasteiger partial charge on any atom is 0.282 e. The van der Waals surface area contributed by atoms with E-state index in [1.54, 1.807) is 0 Å². The lowest BCUT2D eigenvalue weighted by Crippen LogP contribution is -2.43. The molecule has 106 valence electrons. The van der Waals surface area contributed by atoms with Gasteiger partial charge >= 0.3 is 0 Å². The largest absolute Gasteiger partial charge is 0.360 e. The second kappa shape index (κ2) is 7.09. The van der Waals surface area contributed by atoms with Crippen molar-refractivity contribution < 1.29 is 4.79 Å². The lowest BCUT2D eigenvalue weighted by molar-refractivity contribution is 0.0928. The maximum absolute atomic E-state index is 12.2. The molecule has 1 fully saturated rings. The van der Waals surface area contributed by atoms with Crippen LogP contribution in [0, 0.1) is 0 Å². The van der Waals surface area contributed by atoms with E-state index in [9.17, 15) is 4.79 Å². The molecule has 0 spiro atoms. The summed E-state index contributed by atoms with van der Waals surface area (Å²) in [6, 6.07) is 0.266. The topological polar surface area (TPSA) is 66.9 Å². The number of amides is 1. The van der Waals surface area contributed by atoms with Crippen molar-refractivity contribution in [2.75, 3.05) is 18.1 Å². The molecular weight excluding hydrogens is 280 g/mol. The monoisotopic (exact) mass is 300 g/mol. The number of hydrogen-bond donors (Lipinski definition) is 2. The third-order valence-electron chi connectivity index (χ3n) is 3.27. The highest BCUT2D eigenvalue weighted by Crippen LogP contribution is 2.27. The van der Waals surface area contributed by atoms with Crippen LogP contribution in [0.25, 0.3) is 0 Å². The van der Waals surface area contributed by atoms with Crippen LogP contribution in [0.1, 0.15) is 42.4 Å². The number of rotatable bonds is 5. The second-order valence-electron chi connectivity index (χ2n) is 4.58. The zero-order valence-electron chi connectivity index (χ0n) is 11.3. The van der Waals surface area contributed by atoms with Crippen LogP contribution >= 0.6 is 23.1 Å². The van der Waals surface area contributed by atoms with Crippen molar-refractivity contribution in [2.24, 2.45) is 0 Å². The molecule has 2 N–H and O–H groups in total. The minimum absolute atomic E-state index is 0.0902. The summed E-state index contributed by atoms with van der Waals surface area (Å²) < 4.78 is 0. The number of aromatic nitrogens is 2. The van der Waals surface area contributed by atoms with Gasteiger partial charge in [0.2, 0.25) is 10.1 Å². The van der Waals surface area contributed by atoms with Gasteiger partial charge in [-0.25, -0.2) is 0 Å². The number of thioether (sulfide) groups is 1. The molecule has 1 heterocycles. The van der Waals surface area contributed by atoms with Crippen molar-refractivity contribution in [3.05, 3.63) is 5.01 Å². The van der Waals surface area contributed by atoms with E-state index in [0.29, 0.717) is 15.4 Å². The van der Waals surface area contributed by atoms with E-state index in [2.05, 4.69) is 27.1 Å². The van der Waals surface area contributed by atoms with Crippen molar-refractivity contribution in [2.45, 2.75) is 43.9 Å². The molecule has 19 heavy (non-hydrogen) atoms. The van der Waals surface area contributed by atoms with Gasteiger partial charge in [0, 0.05) is 17.8 Å². The van der Waals surface area contributed by atoms with Gasteiger partial charge in [0.1, 0.15) is 0 Å². The summed E-state index contributed by atoms with van der Waals surface area (Å²) in [6.45, 7) is 2.78. The molecule has 0 saturated heterocycles. The highest BCUT2D eigenvalue weighted by atomic mass is 32.2. The summed E-state index contributed by atoms with van der Waals surface area (Å²) >= 11 is 3.16. The smallest absolute Gasteiger partial charge is 0.282 e. The number of hydrogen-bond acceptors (Lipinski definition) is 6. The predicted molar refractivity (Wildman–Crippen MR) is 81.1 cm³/mol. The van der Waals surface area contributed by atoms with E-state index in [1.807, 2.05) is 18.7 Å². The summed E-state index contributed by atoms with van der Waals surface area (Å²) in [6.07, 6.45) is 6.83. The molecule has 0 aromatic carbocycles. The Morgan fingerprint density at radius 3 is 2.95 bits per heavy atom. The Labute approximate surface area is 122 Å². The van der Waals surface area contributed by atoms with E-state index in [1.165, 1.54) is 30.6 Å². The van der Waals surface area contributed by atoms with E-state index >= 15 is 0 Å². The van der Waals surface area contributed by atoms with Crippen LogP contribution in [0.4, 0.5) is 5.13 Å². The van der Waals surface area contributed by atoms with E-state index in [0.717, 1.165) is 13.0 Å². The first-order chi connectivity index (χ1) is 9.24. The lowest BCUT2D eigenvalue weighted by Gasteiger charge is -2.30. The van der Waals surface area contributed by atoms with Crippen LogP contribution in [0.3, 0.4) is 0 Å². The van der Waals surface area contributed by atoms with Crippen molar-refractivity contribution in [3.63, 3.8) is 0 Å². The molecule has 1 aliphatic carbocycles. The third-order valence-corrected chi connectivity index (χ3v) is 5.32. The summed E-state index contributed by atoms with van der Waals surface area (Å²) in [5, 5.41) is 15.7. The summed E-state index contributed by atoms with van der Waals surface area (Å²) in [7, 11) is 0. The highest BCUT2D eigenvalue weighted by molar-refractivity contribution is 7.99. The van der Waals surface area contributed by atoms with Gasteiger partial charge < -0.3 is 10.6 Å². The van der Waals surface area contributed by atoms with Crippen LogP contribution in [0.15, 0.2) is 0 Å². The fraction of sp³-hybridized carbons (Fsp3) is 0.750. The number of nitrogens with zero attached hydrogens (tertiary/aromatic N) is 2. The summed E-state index contributed by atoms with van der Waals surface area (Å²) in [4.78, 5) is 12.2. The Balaban J connectivity index is 1.95. The molecule has 0 bridgehead atoms. The van der Waals surface area contributed by atoms with Gasteiger partial charge in [-0.15, -0.1) is 10.2 Å². The lowest BCUT2D eigenvalue weighted by atomic mass is 9.95. The fourth-order valence-electron chi connectivity index (χ4n) is 2.31. The fourth-order valence-corrected chi connectivity index (χ4v) is 3.96. The Kier molecular flexibility index (Phi) is 5.45. The van der Waals surface area contributed by atoms with Gasteiger partial charge in [-0.05, 0) is 26.0 Å². The minimum Gasteiger partial charge on any atom is -0.360 e. The Bertz CT molecular complexity index is 424. The molecule has 1 amide bonds. The maximum atomic E-state index is 12.2. The van der Waals surface area contributed by atoms with Gasteiger partial charge in [0.05, 0.1) is 0 Å². The first-order valence-corrected chi connectivity index (χ1v) is 8.76. The van der Waals surface area contributed by atoms with Crippen LogP contribution in [0.2, 0.25) is 0 Å². The average Bonchev–Trinajstić information content (AvgIpc) is 2.88. The first kappa shape index (κ1) is 14.6. The van der Waals surface area contributed by atoms with Crippen LogP contribution < -0.4 is 10.6 Å². The van der Waals surface area contributed by atoms with E-state index in [4.69, 9.17) is 0 Å². The molecule has 2 atom stereocenters. The third kappa shape index (κ3) is 3.82. The van der Waals surface area contributed by atoms with Gasteiger partial charge in [-0.3, -0.25) is 4.79 Å². The predicted octanol–water partition coefficient (Wildman–Crippen LogP) is 2.37. The molecule has 0 radical (unpaired) electrons. The second-order valence-corrected chi connectivity index (χ2v) is 6.64. The van der Waals surface area contributed by atoms with Crippen LogP contribution in [-0.4, -0.2) is 40.2 Å². The molecule has 1 aromatic rings. The molecule has 5 nitrogen and oxygen atoms in total. The summed E-state index contributed by atoms with van der Waals surface area (Å²) in [5.74, 6) is -0.0902. The average molecular weight is 300 g/mol. The van der Waals surface area contributed by atoms with Crippen molar-refractivity contribution >= 4 is 34.1 Å². The standard InChI is InChI=1S/C12H20N4OS2/c1-3-13-12-16-15-11(19-12)10(17)14-8-6-4-5-7-9(8)18-2/h8-9H,3-7H2,1-2H3,(H,13,16)(H,14,17). The molecule has 7 heteroatoms. The Morgan fingerprint density at radius 2 is 2.21 bits per heavy atom. The molecule has 2 rings (SSSR count). The van der Waals surface area contributed by atoms with E-state index in [-0.39, 0.29) is 11.9 Å². The van der Waals surface area contributed by atoms with Crippen LogP contribution in [0.5, 0.6) is 0 Å². The molecular formula is C12H20N4OS2. The zero-order valence-corrected chi connectivity index (χ0v) is 12.9. The molecule has 1 saturated carbocycles. The first-order valence-electron chi connectivity index (χ1n) is 6.65. The normalized spacial score (nSPS) is 23.1. The number of carbonyl (C=O) groups is 1. The van der Waals surface area contributed by atoms with Crippen LogP contribution in [-0.2, 0) is 0 Å². The number of carbonyl (C=O) groups excluding carboxylic acids is 1. The zero-order chi connectivity index (χ0) is 13.7. The molecule has 1 aliphatic rings. The molecule has 2 unspecified atom stereocenters. The van der Waals surface area contributed by atoms with Crippen molar-refractivity contribution in [3.8, 4) is 0 Å². The Morgan fingerprint density at radius 1 is 1.42 bits per heavy atom. The van der Waals surface area contributed by atoms with E-state index < -0.39 is 0 Å². The van der Waals surface area contributed by atoms with Crippen molar-refractivity contribution in [1.82, 2.24) is 15.5 Å². The highest BCUT2D eigenvalue weighted by Gasteiger charge is 2.27. The van der Waals surface area contributed by atoms with Gasteiger partial charge in [-0.1, -0.05) is 24.2 Å². The minimum atomic E-state index is -0.0902. The number of anilines is 1. The van der Waals surface area contributed by atoms with Gasteiger partial charge in [-0.2, -0.15) is 11.8 Å². The van der Waals surface area contributed by atoms with Crippen molar-refractivity contribution in [1.29, 1.82) is 0 Å².